The lowest BCUT2D eigenvalue weighted by Crippen LogP contribution is -2.37. The minimum absolute atomic E-state index is 0.0282. The zero-order chi connectivity index (χ0) is 13.6. The van der Waals surface area contributed by atoms with E-state index in [0.29, 0.717) is 5.75 Å². The van der Waals surface area contributed by atoms with Crippen LogP contribution in [0.3, 0.4) is 0 Å². The molecule has 6 heteroatoms. The third-order valence-electron chi connectivity index (χ3n) is 2.40. The maximum atomic E-state index is 11.4. The van der Waals surface area contributed by atoms with E-state index < -0.39 is 9.84 Å². The summed E-state index contributed by atoms with van der Waals surface area (Å²) in [5.41, 5.74) is 0. The number of hydrogen-bond donors (Lipinski definition) is 2. The van der Waals surface area contributed by atoms with Gasteiger partial charge in [0, 0.05) is 6.26 Å². The highest BCUT2D eigenvalue weighted by molar-refractivity contribution is 7.90. The van der Waals surface area contributed by atoms with Crippen molar-refractivity contribution in [1.29, 1.82) is 0 Å². The normalized spacial score (nSPS) is 13.3. The molecule has 0 aromatic heterocycles. The summed E-state index contributed by atoms with van der Waals surface area (Å²) in [6.45, 7) is 2.93. The second-order valence-electron chi connectivity index (χ2n) is 4.00. The molecule has 0 saturated heterocycles. The van der Waals surface area contributed by atoms with Crippen LogP contribution in [-0.4, -0.2) is 45.6 Å². The molecule has 0 fully saturated rings. The third kappa shape index (κ3) is 4.64. The molecule has 5 nitrogen and oxygen atoms in total. The summed E-state index contributed by atoms with van der Waals surface area (Å²) in [6.07, 6.45) is 1.15. The summed E-state index contributed by atoms with van der Waals surface area (Å²) < 4.78 is 28.2. The minimum Gasteiger partial charge on any atom is -0.492 e. The highest BCUT2D eigenvalue weighted by atomic mass is 32.2. The number of nitrogens with one attached hydrogen (secondary N) is 1. The average molecular weight is 273 g/mol. The van der Waals surface area contributed by atoms with Gasteiger partial charge in [-0.25, -0.2) is 8.42 Å². The van der Waals surface area contributed by atoms with Crippen molar-refractivity contribution in [2.75, 3.05) is 26.0 Å². The average Bonchev–Trinajstić information content (AvgIpc) is 2.34. The van der Waals surface area contributed by atoms with E-state index in [-0.39, 0.29) is 24.2 Å². The van der Waals surface area contributed by atoms with Crippen molar-refractivity contribution in [2.45, 2.75) is 17.9 Å². The summed E-state index contributed by atoms with van der Waals surface area (Å²) in [4.78, 5) is 0.226. The standard InChI is InChI=1S/C12H19NO4S/c1-3-13-10(8-14)9-17-11-5-4-6-12(7-11)18(2,15)16/h4-7,10,13-14H,3,8-9H2,1-2H3. The Bertz CT molecular complexity index is 473. The van der Waals surface area contributed by atoms with E-state index in [2.05, 4.69) is 5.32 Å². The predicted molar refractivity (Wildman–Crippen MR) is 69.6 cm³/mol. The van der Waals surface area contributed by atoms with Crippen LogP contribution >= 0.6 is 0 Å². The van der Waals surface area contributed by atoms with E-state index in [1.54, 1.807) is 12.1 Å². The number of rotatable bonds is 7. The van der Waals surface area contributed by atoms with Gasteiger partial charge < -0.3 is 15.2 Å². The lowest BCUT2D eigenvalue weighted by atomic mass is 10.3. The first-order valence-electron chi connectivity index (χ1n) is 5.74. The van der Waals surface area contributed by atoms with E-state index in [4.69, 9.17) is 9.84 Å². The van der Waals surface area contributed by atoms with Crippen molar-refractivity contribution in [1.82, 2.24) is 5.32 Å². The highest BCUT2D eigenvalue weighted by Gasteiger charge is 2.10. The number of hydrogen-bond acceptors (Lipinski definition) is 5. The van der Waals surface area contributed by atoms with Crippen molar-refractivity contribution in [3.8, 4) is 5.75 Å². The van der Waals surface area contributed by atoms with Gasteiger partial charge in [0.25, 0.3) is 0 Å². The van der Waals surface area contributed by atoms with Crippen LogP contribution in [0.15, 0.2) is 29.2 Å². The molecule has 1 atom stereocenters. The van der Waals surface area contributed by atoms with Gasteiger partial charge in [-0.2, -0.15) is 0 Å². The fourth-order valence-electron chi connectivity index (χ4n) is 1.46. The first kappa shape index (κ1) is 14.9. The van der Waals surface area contributed by atoms with Gasteiger partial charge in [-0.1, -0.05) is 13.0 Å². The molecule has 0 radical (unpaired) electrons. The van der Waals surface area contributed by atoms with Gasteiger partial charge in [-0.05, 0) is 24.7 Å². The molecule has 0 aliphatic rings. The second-order valence-corrected chi connectivity index (χ2v) is 6.01. The Labute approximate surface area is 108 Å². The number of aliphatic hydroxyl groups is 1. The summed E-state index contributed by atoms with van der Waals surface area (Å²) in [5, 5.41) is 12.1. The Kier molecular flexibility index (Phi) is 5.58. The van der Waals surface area contributed by atoms with Gasteiger partial charge in [-0.3, -0.25) is 0 Å². The Hall–Kier alpha value is -1.11. The predicted octanol–water partition coefficient (Wildman–Crippen LogP) is 0.439. The van der Waals surface area contributed by atoms with Crippen LogP contribution < -0.4 is 10.1 Å². The van der Waals surface area contributed by atoms with Gasteiger partial charge in [0.1, 0.15) is 12.4 Å². The first-order valence-corrected chi connectivity index (χ1v) is 7.63. The topological polar surface area (TPSA) is 75.6 Å². The smallest absolute Gasteiger partial charge is 0.175 e. The number of benzene rings is 1. The van der Waals surface area contributed by atoms with Crippen LogP contribution in [0, 0.1) is 0 Å². The van der Waals surface area contributed by atoms with E-state index in [9.17, 15) is 8.42 Å². The van der Waals surface area contributed by atoms with Crippen LogP contribution in [0.4, 0.5) is 0 Å². The molecule has 0 saturated carbocycles. The van der Waals surface area contributed by atoms with Crippen LogP contribution in [0.5, 0.6) is 5.75 Å². The Balaban J connectivity index is 2.68. The van der Waals surface area contributed by atoms with E-state index in [1.165, 1.54) is 12.1 Å². The molecule has 0 heterocycles. The molecule has 2 N–H and O–H groups in total. The molecule has 1 rings (SSSR count). The molecule has 0 aliphatic heterocycles. The number of ether oxygens (including phenoxy) is 1. The molecule has 1 aromatic rings. The second kappa shape index (κ2) is 6.72. The van der Waals surface area contributed by atoms with Crippen LogP contribution in [0.2, 0.25) is 0 Å². The summed E-state index contributed by atoms with van der Waals surface area (Å²) >= 11 is 0. The molecule has 0 aliphatic carbocycles. The molecule has 18 heavy (non-hydrogen) atoms. The number of likely N-dealkylation sites (N-methyl/N-ethyl adjacent to an activating group) is 1. The molecular weight excluding hydrogens is 254 g/mol. The molecule has 0 amide bonds. The van der Waals surface area contributed by atoms with E-state index >= 15 is 0 Å². The molecule has 1 unspecified atom stereocenters. The molecular formula is C12H19NO4S. The Morgan fingerprint density at radius 3 is 2.72 bits per heavy atom. The molecule has 0 spiro atoms. The summed E-state index contributed by atoms with van der Waals surface area (Å²) in [6, 6.07) is 6.17. The van der Waals surface area contributed by atoms with Crippen molar-refractivity contribution in [2.24, 2.45) is 0 Å². The van der Waals surface area contributed by atoms with Gasteiger partial charge in [-0.15, -0.1) is 0 Å². The molecule has 0 bridgehead atoms. The Morgan fingerprint density at radius 2 is 2.17 bits per heavy atom. The molecule has 1 aromatic carbocycles. The minimum atomic E-state index is -3.22. The van der Waals surface area contributed by atoms with Crippen LogP contribution in [-0.2, 0) is 9.84 Å². The lowest BCUT2D eigenvalue weighted by molar-refractivity contribution is 0.184. The monoisotopic (exact) mass is 273 g/mol. The number of sulfone groups is 1. The largest absolute Gasteiger partial charge is 0.492 e. The number of aliphatic hydroxyl groups excluding tert-OH is 1. The Morgan fingerprint density at radius 1 is 1.44 bits per heavy atom. The molecule has 102 valence electrons. The maximum absolute atomic E-state index is 11.4. The van der Waals surface area contributed by atoms with Gasteiger partial charge in [0.2, 0.25) is 0 Å². The lowest BCUT2D eigenvalue weighted by Gasteiger charge is -2.16. The van der Waals surface area contributed by atoms with Gasteiger partial charge in [0.05, 0.1) is 17.5 Å². The highest BCUT2D eigenvalue weighted by Crippen LogP contribution is 2.17. The fraction of sp³-hybridized carbons (Fsp3) is 0.500. The summed E-state index contributed by atoms with van der Waals surface area (Å²) in [7, 11) is -3.22. The summed E-state index contributed by atoms with van der Waals surface area (Å²) in [5.74, 6) is 0.481. The fourth-order valence-corrected chi connectivity index (χ4v) is 2.11. The first-order chi connectivity index (χ1) is 8.47. The van der Waals surface area contributed by atoms with Crippen molar-refractivity contribution in [3.63, 3.8) is 0 Å². The van der Waals surface area contributed by atoms with E-state index in [1.807, 2.05) is 6.92 Å². The van der Waals surface area contributed by atoms with Crippen LogP contribution in [0.1, 0.15) is 6.92 Å². The van der Waals surface area contributed by atoms with Crippen molar-refractivity contribution >= 4 is 9.84 Å². The quantitative estimate of drug-likeness (QED) is 0.754. The van der Waals surface area contributed by atoms with Crippen molar-refractivity contribution in [3.05, 3.63) is 24.3 Å². The van der Waals surface area contributed by atoms with Gasteiger partial charge >= 0.3 is 0 Å². The SMILES string of the molecule is CCNC(CO)COc1cccc(S(C)(=O)=O)c1. The zero-order valence-electron chi connectivity index (χ0n) is 10.6. The van der Waals surface area contributed by atoms with Crippen molar-refractivity contribution < 1.29 is 18.3 Å². The van der Waals surface area contributed by atoms with Crippen LogP contribution in [0.25, 0.3) is 0 Å². The van der Waals surface area contributed by atoms with Gasteiger partial charge in [0.15, 0.2) is 9.84 Å². The van der Waals surface area contributed by atoms with E-state index in [0.717, 1.165) is 12.8 Å². The zero-order valence-corrected chi connectivity index (χ0v) is 11.4. The maximum Gasteiger partial charge on any atom is 0.175 e. The third-order valence-corrected chi connectivity index (χ3v) is 3.51.